The van der Waals surface area contributed by atoms with E-state index in [1.807, 2.05) is 60.7 Å². The summed E-state index contributed by atoms with van der Waals surface area (Å²) in [6.45, 7) is 4.72. The Morgan fingerprint density at radius 3 is 2.27 bits per heavy atom. The third-order valence-electron chi connectivity index (χ3n) is 6.36. The number of nitrogens with zero attached hydrogens (tertiary/aromatic N) is 1. The van der Waals surface area contributed by atoms with Crippen molar-refractivity contribution in [3.05, 3.63) is 71.8 Å². The Labute approximate surface area is 245 Å². The number of carbonyl (C=O) groups excluding carboxylic acids is 4. The molecule has 41 heavy (non-hydrogen) atoms. The minimum Gasteiger partial charge on any atom is -0.465 e. The summed E-state index contributed by atoms with van der Waals surface area (Å²) in [5.74, 6) is -0.580. The van der Waals surface area contributed by atoms with Crippen molar-refractivity contribution in [3.8, 4) is 0 Å². The molecule has 1 amide bonds. The number of hydrogen-bond donors (Lipinski definition) is 1. The Bertz CT molecular complexity index is 1130. The molecule has 1 heterocycles. The van der Waals surface area contributed by atoms with Crippen LogP contribution in [0.25, 0.3) is 0 Å². The first-order valence-corrected chi connectivity index (χ1v) is 14.9. The van der Waals surface area contributed by atoms with E-state index < -0.39 is 42.5 Å². The first-order chi connectivity index (χ1) is 19.8. The molecule has 0 radical (unpaired) electrons. The lowest BCUT2D eigenvalue weighted by molar-refractivity contribution is -0.171. The lowest BCUT2D eigenvalue weighted by Gasteiger charge is -2.32. The molecule has 2 aromatic rings. The highest BCUT2D eigenvalue weighted by molar-refractivity contribution is 7.99. The van der Waals surface area contributed by atoms with Gasteiger partial charge in [0.15, 0.2) is 0 Å². The molecule has 1 saturated heterocycles. The largest absolute Gasteiger partial charge is 0.511 e. The molecule has 10 nitrogen and oxygen atoms in total. The molecule has 222 valence electrons. The van der Waals surface area contributed by atoms with Crippen LogP contribution in [0.2, 0.25) is 0 Å². The molecule has 1 fully saturated rings. The predicted molar refractivity (Wildman–Crippen MR) is 154 cm³/mol. The Hall–Kier alpha value is -3.57. The third kappa shape index (κ3) is 10.1. The van der Waals surface area contributed by atoms with E-state index in [0.717, 1.165) is 11.1 Å². The summed E-state index contributed by atoms with van der Waals surface area (Å²) in [5.41, 5.74) is 1.93. The van der Waals surface area contributed by atoms with Crippen molar-refractivity contribution in [2.24, 2.45) is 0 Å². The Kier molecular flexibility index (Phi) is 13.0. The maximum absolute atomic E-state index is 14.0. The Balaban J connectivity index is 1.78. The maximum Gasteiger partial charge on any atom is 0.511 e. The van der Waals surface area contributed by atoms with Gasteiger partial charge in [-0.25, -0.2) is 4.79 Å². The van der Waals surface area contributed by atoms with E-state index in [0.29, 0.717) is 24.3 Å². The summed E-state index contributed by atoms with van der Waals surface area (Å²) in [6, 6.07) is 17.3. The van der Waals surface area contributed by atoms with Crippen LogP contribution in [0.3, 0.4) is 0 Å². The van der Waals surface area contributed by atoms with E-state index >= 15 is 0 Å². The van der Waals surface area contributed by atoms with E-state index in [-0.39, 0.29) is 25.7 Å². The molecule has 0 aliphatic carbocycles. The number of amides is 1. The van der Waals surface area contributed by atoms with Crippen LogP contribution in [0.5, 0.6) is 0 Å². The van der Waals surface area contributed by atoms with Crippen LogP contribution in [0.15, 0.2) is 60.7 Å². The monoisotopic (exact) mass is 586 g/mol. The van der Waals surface area contributed by atoms with Gasteiger partial charge in [-0.3, -0.25) is 19.7 Å². The van der Waals surface area contributed by atoms with Crippen LogP contribution in [0.1, 0.15) is 44.4 Å². The quantitative estimate of drug-likeness (QED) is 0.210. The van der Waals surface area contributed by atoms with Gasteiger partial charge >= 0.3 is 18.1 Å². The van der Waals surface area contributed by atoms with Crippen LogP contribution < -0.4 is 5.32 Å². The average Bonchev–Trinajstić information content (AvgIpc) is 3.10. The zero-order chi connectivity index (χ0) is 29.6. The summed E-state index contributed by atoms with van der Waals surface area (Å²) >= 11 is 1.56. The molecule has 1 aliphatic rings. The first kappa shape index (κ1) is 32.0. The lowest BCUT2D eigenvalue weighted by Crippen LogP contribution is -2.54. The fraction of sp³-hybridized carbons (Fsp3) is 0.467. The normalized spacial score (nSPS) is 18.5. The second-order valence-electron chi connectivity index (χ2n) is 9.34. The summed E-state index contributed by atoms with van der Waals surface area (Å²) < 4.78 is 20.2. The highest BCUT2D eigenvalue weighted by Gasteiger charge is 2.38. The van der Waals surface area contributed by atoms with Gasteiger partial charge < -0.3 is 23.8 Å². The molecule has 0 saturated carbocycles. The Morgan fingerprint density at radius 2 is 1.61 bits per heavy atom. The number of aryl methyl sites for hydroxylation is 1. The smallest absolute Gasteiger partial charge is 0.465 e. The SMILES string of the molecule is CCOC(=O)OC(C)OC(=O)CN1C(=O)C(NC(CCc2ccccc2)C(=O)OCC)CSCC1c1ccccc1. The van der Waals surface area contributed by atoms with Crippen molar-refractivity contribution in [3.63, 3.8) is 0 Å². The highest BCUT2D eigenvalue weighted by atomic mass is 32.2. The molecule has 1 aliphatic heterocycles. The first-order valence-electron chi connectivity index (χ1n) is 13.7. The standard InChI is InChI=1S/C30H38N2O8S/c1-4-37-29(35)24(17-16-22-12-8-6-9-13-22)31-25-19-41-20-26(23-14-10-7-11-15-23)32(28(25)34)18-27(33)39-21(3)40-30(36)38-5-2/h6-15,21,24-26,31H,4-5,16-20H2,1-3H3. The summed E-state index contributed by atoms with van der Waals surface area (Å²) in [7, 11) is 0. The van der Waals surface area contributed by atoms with Gasteiger partial charge in [-0.2, -0.15) is 11.8 Å². The maximum atomic E-state index is 14.0. The van der Waals surface area contributed by atoms with E-state index in [9.17, 15) is 19.2 Å². The van der Waals surface area contributed by atoms with Crippen LogP contribution >= 0.6 is 11.8 Å². The van der Waals surface area contributed by atoms with Gasteiger partial charge in [0.05, 0.1) is 25.3 Å². The van der Waals surface area contributed by atoms with Gasteiger partial charge in [0.1, 0.15) is 12.6 Å². The van der Waals surface area contributed by atoms with Gasteiger partial charge in [-0.05, 0) is 37.8 Å². The van der Waals surface area contributed by atoms with Crippen molar-refractivity contribution >= 4 is 35.8 Å². The fourth-order valence-corrected chi connectivity index (χ4v) is 5.66. The van der Waals surface area contributed by atoms with Gasteiger partial charge in [0, 0.05) is 18.4 Å². The van der Waals surface area contributed by atoms with Crippen molar-refractivity contribution in [2.45, 2.75) is 58.0 Å². The number of thioether (sulfide) groups is 1. The molecular weight excluding hydrogens is 548 g/mol. The minimum absolute atomic E-state index is 0.116. The molecule has 0 spiro atoms. The summed E-state index contributed by atoms with van der Waals surface area (Å²) in [6.07, 6.45) is -1.11. The number of rotatable bonds is 13. The number of nitrogens with one attached hydrogen (secondary N) is 1. The topological polar surface area (TPSA) is 120 Å². The molecule has 3 rings (SSSR count). The lowest BCUT2D eigenvalue weighted by atomic mass is 10.0. The molecule has 2 aromatic carbocycles. The van der Waals surface area contributed by atoms with Crippen molar-refractivity contribution in [1.29, 1.82) is 0 Å². The van der Waals surface area contributed by atoms with Gasteiger partial charge in [0.25, 0.3) is 0 Å². The number of ether oxygens (including phenoxy) is 4. The predicted octanol–water partition coefficient (Wildman–Crippen LogP) is 3.89. The van der Waals surface area contributed by atoms with Gasteiger partial charge in [-0.15, -0.1) is 0 Å². The van der Waals surface area contributed by atoms with Crippen molar-refractivity contribution in [1.82, 2.24) is 10.2 Å². The van der Waals surface area contributed by atoms with Gasteiger partial charge in [0.2, 0.25) is 12.2 Å². The zero-order valence-electron chi connectivity index (χ0n) is 23.7. The van der Waals surface area contributed by atoms with Gasteiger partial charge in [-0.1, -0.05) is 60.7 Å². The second kappa shape index (κ2) is 16.6. The Morgan fingerprint density at radius 1 is 0.951 bits per heavy atom. The van der Waals surface area contributed by atoms with Crippen LogP contribution in [-0.2, 0) is 39.8 Å². The van der Waals surface area contributed by atoms with Crippen LogP contribution in [0, 0.1) is 0 Å². The zero-order valence-corrected chi connectivity index (χ0v) is 24.5. The molecule has 0 bridgehead atoms. The molecule has 11 heteroatoms. The highest BCUT2D eigenvalue weighted by Crippen LogP contribution is 2.30. The van der Waals surface area contributed by atoms with E-state index in [1.165, 1.54) is 11.8 Å². The number of benzene rings is 2. The average molecular weight is 587 g/mol. The minimum atomic E-state index is -1.20. The number of esters is 2. The summed E-state index contributed by atoms with van der Waals surface area (Å²) in [5, 5.41) is 3.23. The summed E-state index contributed by atoms with van der Waals surface area (Å²) in [4.78, 5) is 52.9. The molecule has 4 atom stereocenters. The van der Waals surface area contributed by atoms with Crippen LogP contribution in [0.4, 0.5) is 4.79 Å². The molecule has 1 N–H and O–H groups in total. The van der Waals surface area contributed by atoms with Crippen molar-refractivity contribution < 1.29 is 38.1 Å². The van der Waals surface area contributed by atoms with Crippen molar-refractivity contribution in [2.75, 3.05) is 31.3 Å². The van der Waals surface area contributed by atoms with E-state index in [4.69, 9.17) is 18.9 Å². The van der Waals surface area contributed by atoms with Crippen LogP contribution in [-0.4, -0.2) is 78.5 Å². The molecule has 4 unspecified atom stereocenters. The van der Waals surface area contributed by atoms with E-state index in [2.05, 4.69) is 5.32 Å². The molecule has 0 aromatic heterocycles. The second-order valence-corrected chi connectivity index (χ2v) is 10.4. The molecular formula is C30H38N2O8S. The number of hydrogen-bond acceptors (Lipinski definition) is 10. The number of carbonyl (C=O) groups is 4. The van der Waals surface area contributed by atoms with E-state index in [1.54, 1.807) is 25.6 Å². The third-order valence-corrected chi connectivity index (χ3v) is 7.48. The fourth-order valence-electron chi connectivity index (χ4n) is 4.45.